The zero-order valence-electron chi connectivity index (χ0n) is 14.7. The molecule has 0 amide bonds. The van der Waals surface area contributed by atoms with Crippen LogP contribution in [0.1, 0.15) is 0 Å². The van der Waals surface area contributed by atoms with Crippen LogP contribution < -0.4 is 0 Å². The number of halogens is 3. The molecule has 8 heteroatoms. The Morgan fingerprint density at radius 1 is 0.897 bits per heavy atom. The van der Waals surface area contributed by atoms with Crippen LogP contribution in [0.2, 0.25) is 5.02 Å². The highest BCUT2D eigenvalue weighted by molar-refractivity contribution is 9.10. The molecule has 0 radical (unpaired) electrons. The number of hydrogen-bond acceptors (Lipinski definition) is 3. The first-order valence-corrected chi connectivity index (χ1v) is 10.4. The van der Waals surface area contributed by atoms with Crippen LogP contribution in [0, 0.1) is 10.1 Å². The lowest BCUT2D eigenvalue weighted by Gasteiger charge is -2.04. The molecule has 0 fully saturated rings. The van der Waals surface area contributed by atoms with Gasteiger partial charge in [-0.3, -0.25) is 10.1 Å². The molecule has 0 atom stereocenters. The molecule has 29 heavy (non-hydrogen) atoms. The minimum absolute atomic E-state index is 0.0622. The number of nitrogens with one attached hydrogen (secondary N) is 1. The molecular formula is C21H12Br2ClN3O2. The molecule has 5 nitrogen and oxygen atoms in total. The van der Waals surface area contributed by atoms with Gasteiger partial charge < -0.3 is 4.98 Å². The summed E-state index contributed by atoms with van der Waals surface area (Å²) < 4.78 is 1.91. The molecule has 0 aliphatic carbocycles. The SMILES string of the molecule is O=[N+]([O-])c1ccc(Cl)cc1-c1nc(-c2ccc(Br)cc2)c(-c2ccc(Br)cc2)[nH]1. The van der Waals surface area contributed by atoms with E-state index in [1.807, 2.05) is 48.5 Å². The van der Waals surface area contributed by atoms with E-state index in [2.05, 4.69) is 36.8 Å². The lowest BCUT2D eigenvalue weighted by atomic mass is 10.1. The van der Waals surface area contributed by atoms with Gasteiger partial charge >= 0.3 is 0 Å². The average Bonchev–Trinajstić information content (AvgIpc) is 3.14. The minimum Gasteiger partial charge on any atom is -0.337 e. The lowest BCUT2D eigenvalue weighted by molar-refractivity contribution is -0.384. The van der Waals surface area contributed by atoms with Crippen molar-refractivity contribution in [1.29, 1.82) is 0 Å². The zero-order valence-corrected chi connectivity index (χ0v) is 18.6. The van der Waals surface area contributed by atoms with E-state index >= 15 is 0 Å². The van der Waals surface area contributed by atoms with E-state index in [4.69, 9.17) is 16.6 Å². The highest BCUT2D eigenvalue weighted by atomic mass is 79.9. The third-order valence-electron chi connectivity index (χ3n) is 4.36. The molecule has 1 N–H and O–H groups in total. The van der Waals surface area contributed by atoms with Crippen LogP contribution in [-0.2, 0) is 0 Å². The summed E-state index contributed by atoms with van der Waals surface area (Å²) in [6.45, 7) is 0. The summed E-state index contributed by atoms with van der Waals surface area (Å²) >= 11 is 13.0. The Morgan fingerprint density at radius 2 is 1.48 bits per heavy atom. The molecule has 0 aliphatic heterocycles. The number of aromatic amines is 1. The Kier molecular flexibility index (Phi) is 5.54. The molecule has 1 aromatic heterocycles. The maximum absolute atomic E-state index is 11.5. The van der Waals surface area contributed by atoms with Crippen LogP contribution in [0.4, 0.5) is 5.69 Å². The first kappa shape index (κ1) is 19.8. The van der Waals surface area contributed by atoms with Gasteiger partial charge in [-0.25, -0.2) is 4.98 Å². The number of aromatic nitrogens is 2. The van der Waals surface area contributed by atoms with Crippen molar-refractivity contribution in [2.45, 2.75) is 0 Å². The molecule has 0 aliphatic rings. The van der Waals surface area contributed by atoms with Gasteiger partial charge in [-0.15, -0.1) is 0 Å². The summed E-state index contributed by atoms with van der Waals surface area (Å²) in [5, 5.41) is 11.9. The van der Waals surface area contributed by atoms with Gasteiger partial charge in [0.25, 0.3) is 5.69 Å². The molecule has 0 unspecified atom stereocenters. The Bertz CT molecular complexity index is 1140. The Hall–Kier alpha value is -2.48. The number of nitro benzene ring substituents is 1. The molecule has 4 aromatic rings. The number of H-pyrrole nitrogens is 1. The van der Waals surface area contributed by atoms with Crippen molar-refractivity contribution in [3.8, 4) is 33.9 Å². The van der Waals surface area contributed by atoms with Crippen molar-refractivity contribution >= 4 is 49.1 Å². The van der Waals surface area contributed by atoms with Crippen molar-refractivity contribution in [1.82, 2.24) is 9.97 Å². The molecule has 0 saturated carbocycles. The fourth-order valence-corrected chi connectivity index (χ4v) is 3.70. The third kappa shape index (κ3) is 4.12. The number of hydrogen-bond donors (Lipinski definition) is 1. The standard InChI is InChI=1S/C21H12Br2ClN3O2/c22-14-5-1-12(2-6-14)19-20(13-3-7-15(23)8-4-13)26-21(25-19)17-11-16(24)9-10-18(17)27(28)29/h1-11H,(H,25,26). The molecule has 0 spiro atoms. The molecular weight excluding hydrogens is 522 g/mol. The van der Waals surface area contributed by atoms with Gasteiger partial charge in [0.1, 0.15) is 5.82 Å². The van der Waals surface area contributed by atoms with E-state index in [0.29, 0.717) is 22.1 Å². The molecule has 144 valence electrons. The molecule has 3 aromatic carbocycles. The second-order valence-corrected chi connectivity index (χ2v) is 8.51. The summed E-state index contributed by atoms with van der Waals surface area (Å²) in [6.07, 6.45) is 0. The Labute approximate surface area is 188 Å². The second kappa shape index (κ2) is 8.10. The summed E-state index contributed by atoms with van der Waals surface area (Å²) in [6, 6.07) is 20.0. The van der Waals surface area contributed by atoms with Gasteiger partial charge in [-0.1, -0.05) is 67.7 Å². The van der Waals surface area contributed by atoms with Crippen molar-refractivity contribution in [2.75, 3.05) is 0 Å². The quantitative estimate of drug-likeness (QED) is 0.218. The Balaban J connectivity index is 1.95. The number of nitro groups is 1. The van der Waals surface area contributed by atoms with Gasteiger partial charge in [0.2, 0.25) is 0 Å². The zero-order chi connectivity index (χ0) is 20.5. The predicted octanol–water partition coefficient (Wildman–Crippen LogP) is 7.50. The average molecular weight is 534 g/mol. The lowest BCUT2D eigenvalue weighted by Crippen LogP contribution is -1.93. The summed E-state index contributed by atoms with van der Waals surface area (Å²) in [5.74, 6) is 0.384. The Morgan fingerprint density at radius 3 is 2.07 bits per heavy atom. The summed E-state index contributed by atoms with van der Waals surface area (Å²) in [5.41, 5.74) is 3.54. The van der Waals surface area contributed by atoms with E-state index in [0.717, 1.165) is 25.8 Å². The maximum atomic E-state index is 11.5. The fraction of sp³-hybridized carbons (Fsp3) is 0. The molecule has 1 heterocycles. The van der Waals surface area contributed by atoms with E-state index in [1.54, 1.807) is 6.07 Å². The third-order valence-corrected chi connectivity index (χ3v) is 5.66. The van der Waals surface area contributed by atoms with Gasteiger partial charge in [0.05, 0.1) is 21.9 Å². The minimum atomic E-state index is -0.438. The molecule has 0 saturated heterocycles. The molecule has 4 rings (SSSR count). The van der Waals surface area contributed by atoms with E-state index < -0.39 is 4.92 Å². The van der Waals surface area contributed by atoms with Crippen LogP contribution in [0.3, 0.4) is 0 Å². The monoisotopic (exact) mass is 531 g/mol. The maximum Gasteiger partial charge on any atom is 0.280 e. The van der Waals surface area contributed by atoms with Crippen molar-refractivity contribution in [3.05, 3.63) is 90.8 Å². The van der Waals surface area contributed by atoms with Gasteiger partial charge in [0.15, 0.2) is 0 Å². The van der Waals surface area contributed by atoms with E-state index in [-0.39, 0.29) is 5.69 Å². The first-order chi connectivity index (χ1) is 13.9. The largest absolute Gasteiger partial charge is 0.337 e. The summed E-state index contributed by atoms with van der Waals surface area (Å²) in [4.78, 5) is 19.1. The smallest absolute Gasteiger partial charge is 0.280 e. The van der Waals surface area contributed by atoms with Crippen LogP contribution in [0.15, 0.2) is 75.7 Å². The van der Waals surface area contributed by atoms with Crippen molar-refractivity contribution in [3.63, 3.8) is 0 Å². The van der Waals surface area contributed by atoms with Crippen LogP contribution in [-0.4, -0.2) is 14.9 Å². The summed E-state index contributed by atoms with van der Waals surface area (Å²) in [7, 11) is 0. The number of imidazole rings is 1. The van der Waals surface area contributed by atoms with Crippen LogP contribution in [0.25, 0.3) is 33.9 Å². The van der Waals surface area contributed by atoms with Crippen molar-refractivity contribution in [2.24, 2.45) is 0 Å². The highest BCUT2D eigenvalue weighted by Crippen LogP contribution is 2.37. The number of nitrogens with zero attached hydrogens (tertiary/aromatic N) is 2. The highest BCUT2D eigenvalue weighted by Gasteiger charge is 2.22. The molecule has 0 bridgehead atoms. The van der Waals surface area contributed by atoms with E-state index in [9.17, 15) is 10.1 Å². The first-order valence-electron chi connectivity index (χ1n) is 8.48. The fourth-order valence-electron chi connectivity index (χ4n) is 3.00. The van der Waals surface area contributed by atoms with Crippen LogP contribution >= 0.6 is 43.5 Å². The number of rotatable bonds is 4. The van der Waals surface area contributed by atoms with Crippen LogP contribution in [0.5, 0.6) is 0 Å². The normalized spacial score (nSPS) is 10.9. The van der Waals surface area contributed by atoms with Crippen molar-refractivity contribution < 1.29 is 4.92 Å². The van der Waals surface area contributed by atoms with Gasteiger partial charge in [-0.2, -0.15) is 0 Å². The topological polar surface area (TPSA) is 71.8 Å². The predicted molar refractivity (Wildman–Crippen MR) is 122 cm³/mol. The second-order valence-electron chi connectivity index (χ2n) is 6.24. The van der Waals surface area contributed by atoms with Gasteiger partial charge in [-0.05, 0) is 36.4 Å². The van der Waals surface area contributed by atoms with E-state index in [1.165, 1.54) is 12.1 Å². The number of benzene rings is 3. The van der Waals surface area contributed by atoms with Gasteiger partial charge in [0, 0.05) is 31.2 Å².